The second-order valence-corrected chi connectivity index (χ2v) is 9.07. The first kappa shape index (κ1) is 29.7. The van der Waals surface area contributed by atoms with Crippen molar-refractivity contribution < 1.29 is 33.4 Å². The van der Waals surface area contributed by atoms with Crippen molar-refractivity contribution in [3.8, 4) is 17.1 Å². The van der Waals surface area contributed by atoms with Gasteiger partial charge in [0, 0.05) is 34.9 Å². The van der Waals surface area contributed by atoms with Crippen molar-refractivity contribution in [1.82, 2.24) is 15.3 Å². The van der Waals surface area contributed by atoms with E-state index < -0.39 is 23.9 Å². The van der Waals surface area contributed by atoms with Crippen molar-refractivity contribution in [2.45, 2.75) is 32.4 Å². The number of nitrogens with zero attached hydrogens (tertiary/aromatic N) is 2. The molecule has 4 aromatic rings. The molecule has 0 saturated carbocycles. The zero-order valence-corrected chi connectivity index (χ0v) is 22.7. The molecule has 0 spiro atoms. The van der Waals surface area contributed by atoms with Gasteiger partial charge in [0.15, 0.2) is 0 Å². The summed E-state index contributed by atoms with van der Waals surface area (Å²) >= 11 is 0. The van der Waals surface area contributed by atoms with Crippen molar-refractivity contribution >= 4 is 29.5 Å². The van der Waals surface area contributed by atoms with Gasteiger partial charge in [-0.25, -0.2) is 14.2 Å². The number of halogens is 1. The lowest BCUT2D eigenvalue weighted by atomic mass is 10.1. The summed E-state index contributed by atoms with van der Waals surface area (Å²) in [6.45, 7) is 1.81. The Morgan fingerprint density at radius 1 is 0.952 bits per heavy atom. The Morgan fingerprint density at radius 2 is 1.67 bits per heavy atom. The number of amides is 1. The van der Waals surface area contributed by atoms with Gasteiger partial charge in [-0.15, -0.1) is 0 Å². The molecule has 0 saturated heterocycles. The minimum atomic E-state index is -1.26. The molecule has 42 heavy (non-hydrogen) atoms. The fourth-order valence-electron chi connectivity index (χ4n) is 3.91. The lowest BCUT2D eigenvalue weighted by Crippen LogP contribution is -2.41. The SMILES string of the molecule is CCOC(=O)CC[C@H](NC(=O)c1ccc(Nc2nc(OCc3ccccc3F)cc(-c3ccccc3)n2)cc1)C(=O)O. The van der Waals surface area contributed by atoms with Crippen molar-refractivity contribution in [3.05, 3.63) is 102 Å². The van der Waals surface area contributed by atoms with Crippen LogP contribution in [0.3, 0.4) is 0 Å². The second-order valence-electron chi connectivity index (χ2n) is 9.07. The number of hydrogen-bond acceptors (Lipinski definition) is 8. The summed E-state index contributed by atoms with van der Waals surface area (Å²) in [6, 6.07) is 22.4. The molecule has 0 fully saturated rings. The van der Waals surface area contributed by atoms with E-state index in [1.807, 2.05) is 30.3 Å². The molecule has 11 heteroatoms. The molecule has 0 bridgehead atoms. The molecule has 0 unspecified atom stereocenters. The van der Waals surface area contributed by atoms with Crippen LogP contribution >= 0.6 is 0 Å². The summed E-state index contributed by atoms with van der Waals surface area (Å²) < 4.78 is 24.7. The minimum absolute atomic E-state index is 0.0295. The van der Waals surface area contributed by atoms with Crippen LogP contribution in [0.4, 0.5) is 16.0 Å². The van der Waals surface area contributed by atoms with Gasteiger partial charge in [0.05, 0.1) is 12.3 Å². The van der Waals surface area contributed by atoms with Crippen LogP contribution < -0.4 is 15.4 Å². The Bertz CT molecular complexity index is 1530. The molecule has 1 aromatic heterocycles. The van der Waals surface area contributed by atoms with Crippen LogP contribution in [-0.4, -0.2) is 45.6 Å². The number of nitrogens with one attached hydrogen (secondary N) is 2. The third-order valence-corrected chi connectivity index (χ3v) is 6.05. The molecule has 10 nitrogen and oxygen atoms in total. The summed E-state index contributed by atoms with van der Waals surface area (Å²) in [6.07, 6.45) is -0.238. The second kappa shape index (κ2) is 14.4. The number of benzene rings is 3. The molecule has 4 rings (SSSR count). The summed E-state index contributed by atoms with van der Waals surface area (Å²) in [5, 5.41) is 15.0. The van der Waals surface area contributed by atoms with Gasteiger partial charge >= 0.3 is 11.9 Å². The van der Waals surface area contributed by atoms with Gasteiger partial charge in [0.1, 0.15) is 18.5 Å². The van der Waals surface area contributed by atoms with Crippen molar-refractivity contribution in [2.75, 3.05) is 11.9 Å². The normalized spacial score (nSPS) is 11.3. The fourth-order valence-corrected chi connectivity index (χ4v) is 3.91. The molecule has 3 N–H and O–H groups in total. The van der Waals surface area contributed by atoms with E-state index in [1.165, 1.54) is 18.2 Å². The minimum Gasteiger partial charge on any atom is -0.480 e. The molecule has 1 heterocycles. The highest BCUT2D eigenvalue weighted by atomic mass is 19.1. The van der Waals surface area contributed by atoms with Gasteiger partial charge in [-0.2, -0.15) is 4.98 Å². The van der Waals surface area contributed by atoms with Gasteiger partial charge in [0.2, 0.25) is 11.8 Å². The molecule has 1 atom stereocenters. The van der Waals surface area contributed by atoms with E-state index in [-0.39, 0.29) is 49.3 Å². The Balaban J connectivity index is 1.47. The smallest absolute Gasteiger partial charge is 0.326 e. The number of carbonyl (C=O) groups is 3. The lowest BCUT2D eigenvalue weighted by molar-refractivity contribution is -0.144. The van der Waals surface area contributed by atoms with Crippen LogP contribution in [0.2, 0.25) is 0 Å². The monoisotopic (exact) mass is 572 g/mol. The van der Waals surface area contributed by atoms with Crippen LogP contribution in [0.15, 0.2) is 84.9 Å². The standard InChI is InChI=1S/C31H29FN4O6/c1-2-41-28(37)17-16-25(30(39)40)34-29(38)21-12-14-23(15-13-21)33-31-35-26(20-8-4-3-5-9-20)18-27(36-31)42-19-22-10-6-7-11-24(22)32/h3-15,18,25H,2,16-17,19H2,1H3,(H,34,38)(H,39,40)(H,33,35,36)/t25-/m0/s1. The van der Waals surface area contributed by atoms with Crippen LogP contribution in [0.25, 0.3) is 11.3 Å². The molecule has 3 aromatic carbocycles. The predicted molar refractivity (Wildman–Crippen MR) is 153 cm³/mol. The van der Waals surface area contributed by atoms with E-state index in [4.69, 9.17) is 9.47 Å². The highest BCUT2D eigenvalue weighted by molar-refractivity contribution is 5.97. The Labute approximate surface area is 241 Å². The quantitative estimate of drug-likeness (QED) is 0.186. The molecule has 1 amide bonds. The first-order valence-electron chi connectivity index (χ1n) is 13.2. The maximum atomic E-state index is 14.1. The predicted octanol–water partition coefficient (Wildman–Crippen LogP) is 5.13. The number of anilines is 2. The number of ether oxygens (including phenoxy) is 2. The Kier molecular flexibility index (Phi) is 10.1. The molecule has 0 radical (unpaired) electrons. The summed E-state index contributed by atoms with van der Waals surface area (Å²) in [7, 11) is 0. The maximum absolute atomic E-state index is 14.1. The van der Waals surface area contributed by atoms with Gasteiger partial charge < -0.3 is 25.2 Å². The van der Waals surface area contributed by atoms with E-state index >= 15 is 0 Å². The number of carboxylic acids is 1. The molecular weight excluding hydrogens is 543 g/mol. The molecular formula is C31H29FN4O6. The maximum Gasteiger partial charge on any atom is 0.326 e. The van der Waals surface area contributed by atoms with Crippen molar-refractivity contribution in [1.29, 1.82) is 0 Å². The molecule has 0 aliphatic heterocycles. The topological polar surface area (TPSA) is 140 Å². The number of carbonyl (C=O) groups excluding carboxylic acids is 2. The van der Waals surface area contributed by atoms with E-state index in [1.54, 1.807) is 43.3 Å². The van der Waals surface area contributed by atoms with Crippen molar-refractivity contribution in [3.63, 3.8) is 0 Å². The van der Waals surface area contributed by atoms with Crippen LogP contribution in [0.1, 0.15) is 35.7 Å². The zero-order chi connectivity index (χ0) is 29.9. The first-order chi connectivity index (χ1) is 20.3. The average Bonchev–Trinajstić information content (AvgIpc) is 2.99. The number of hydrogen-bond donors (Lipinski definition) is 3. The Morgan fingerprint density at radius 3 is 2.36 bits per heavy atom. The number of esters is 1. The van der Waals surface area contributed by atoms with Crippen molar-refractivity contribution in [2.24, 2.45) is 0 Å². The van der Waals surface area contributed by atoms with E-state index in [9.17, 15) is 23.9 Å². The zero-order valence-electron chi connectivity index (χ0n) is 22.7. The Hall–Kier alpha value is -5.32. The number of aliphatic carboxylic acids is 1. The lowest BCUT2D eigenvalue weighted by Gasteiger charge is -2.14. The first-order valence-corrected chi connectivity index (χ1v) is 13.2. The van der Waals surface area contributed by atoms with Crippen LogP contribution in [0, 0.1) is 5.82 Å². The average molecular weight is 573 g/mol. The van der Waals surface area contributed by atoms with E-state index in [0.29, 0.717) is 16.9 Å². The van der Waals surface area contributed by atoms with Gasteiger partial charge in [-0.1, -0.05) is 48.5 Å². The van der Waals surface area contributed by atoms with Gasteiger partial charge in [0.25, 0.3) is 5.91 Å². The van der Waals surface area contributed by atoms with Gasteiger partial charge in [-0.3, -0.25) is 9.59 Å². The summed E-state index contributed by atoms with van der Waals surface area (Å²) in [4.78, 5) is 44.8. The molecule has 0 aliphatic rings. The highest BCUT2D eigenvalue weighted by Gasteiger charge is 2.22. The highest BCUT2D eigenvalue weighted by Crippen LogP contribution is 2.25. The number of rotatable bonds is 13. The molecule has 0 aliphatic carbocycles. The largest absolute Gasteiger partial charge is 0.480 e. The van der Waals surface area contributed by atoms with E-state index in [0.717, 1.165) is 5.56 Å². The fraction of sp³-hybridized carbons (Fsp3) is 0.194. The van der Waals surface area contributed by atoms with Crippen LogP contribution in [-0.2, 0) is 20.9 Å². The van der Waals surface area contributed by atoms with Crippen LogP contribution in [0.5, 0.6) is 5.88 Å². The van der Waals surface area contributed by atoms with E-state index in [2.05, 4.69) is 20.6 Å². The number of carboxylic acid groups (broad SMARTS) is 1. The summed E-state index contributed by atoms with van der Waals surface area (Å²) in [5.41, 5.74) is 2.55. The third kappa shape index (κ3) is 8.34. The number of aromatic nitrogens is 2. The van der Waals surface area contributed by atoms with Gasteiger partial charge in [-0.05, 0) is 43.7 Å². The third-order valence-electron chi connectivity index (χ3n) is 6.05. The molecule has 216 valence electrons. The summed E-state index contributed by atoms with van der Waals surface area (Å²) in [5.74, 6) is -2.34.